The summed E-state index contributed by atoms with van der Waals surface area (Å²) in [5.41, 5.74) is 1.62. The zero-order chi connectivity index (χ0) is 21.0. The molecule has 29 heavy (non-hydrogen) atoms. The Morgan fingerprint density at radius 2 is 1.93 bits per heavy atom. The van der Waals surface area contributed by atoms with Gasteiger partial charge < -0.3 is 9.80 Å². The summed E-state index contributed by atoms with van der Waals surface area (Å²) >= 11 is 0. The van der Waals surface area contributed by atoms with Gasteiger partial charge in [-0.1, -0.05) is 6.07 Å². The van der Waals surface area contributed by atoms with Crippen LogP contribution in [0.1, 0.15) is 35.4 Å². The topological polar surface area (TPSA) is 57.9 Å². The van der Waals surface area contributed by atoms with Crippen LogP contribution in [0.15, 0.2) is 24.4 Å². The molecule has 156 valence electrons. The number of alkyl halides is 5. The largest absolute Gasteiger partial charge is 0.463 e. The Kier molecular flexibility index (Phi) is 4.50. The average molecular weight is 416 g/mol. The predicted molar refractivity (Wildman–Crippen MR) is 90.3 cm³/mol. The first-order valence-electron chi connectivity index (χ1n) is 9.11. The Balaban J connectivity index is 1.58. The lowest BCUT2D eigenvalue weighted by molar-refractivity contribution is -0.275. The van der Waals surface area contributed by atoms with Gasteiger partial charge in [0.15, 0.2) is 0 Å². The molecule has 2 aliphatic heterocycles. The van der Waals surface area contributed by atoms with E-state index in [0.717, 1.165) is 5.69 Å². The third-order valence-corrected chi connectivity index (χ3v) is 5.41. The van der Waals surface area contributed by atoms with E-state index >= 15 is 0 Å². The number of piperidine rings is 1. The number of hydrogen-bond acceptors (Lipinski definition) is 3. The molecule has 1 unspecified atom stereocenters. The van der Waals surface area contributed by atoms with Crippen molar-refractivity contribution >= 4 is 17.5 Å². The van der Waals surface area contributed by atoms with Gasteiger partial charge in [-0.05, 0) is 31.4 Å². The van der Waals surface area contributed by atoms with Crippen molar-refractivity contribution in [3.8, 4) is 0 Å². The van der Waals surface area contributed by atoms with Gasteiger partial charge in [0.2, 0.25) is 0 Å². The van der Waals surface area contributed by atoms with Crippen molar-refractivity contribution in [2.45, 2.75) is 43.9 Å². The van der Waals surface area contributed by atoms with Crippen LogP contribution in [0.2, 0.25) is 0 Å². The smallest absolute Gasteiger partial charge is 0.332 e. The monoisotopic (exact) mass is 416 g/mol. The van der Waals surface area contributed by atoms with Crippen LogP contribution in [0.4, 0.5) is 22.0 Å². The Bertz CT molecular complexity index is 971. The number of imidazole rings is 1. The molecular weight excluding hydrogens is 399 g/mol. The van der Waals surface area contributed by atoms with Crippen molar-refractivity contribution in [3.63, 3.8) is 0 Å². The highest BCUT2D eigenvalue weighted by Crippen LogP contribution is 2.38. The first-order valence-corrected chi connectivity index (χ1v) is 9.11. The molecule has 2 aromatic heterocycles. The molecule has 6 nitrogen and oxygen atoms in total. The van der Waals surface area contributed by atoms with Gasteiger partial charge in [-0.15, -0.1) is 0 Å². The van der Waals surface area contributed by atoms with Crippen LogP contribution >= 0.6 is 0 Å². The van der Waals surface area contributed by atoms with E-state index in [9.17, 15) is 31.5 Å². The minimum atomic E-state index is -5.96. The summed E-state index contributed by atoms with van der Waals surface area (Å²) < 4.78 is 67.0. The van der Waals surface area contributed by atoms with Gasteiger partial charge in [-0.2, -0.15) is 22.0 Å². The summed E-state index contributed by atoms with van der Waals surface area (Å²) in [6, 6.07) is 4.35. The zero-order valence-electron chi connectivity index (χ0n) is 15.1. The van der Waals surface area contributed by atoms with E-state index in [1.165, 1.54) is 11.1 Å². The molecule has 0 saturated carbocycles. The van der Waals surface area contributed by atoms with Crippen LogP contribution in [0.3, 0.4) is 0 Å². The number of pyridine rings is 1. The molecule has 4 rings (SSSR count). The fourth-order valence-electron chi connectivity index (χ4n) is 3.97. The standard InChI is InChI=1S/C18H17F5N4O2/c19-17(20,18(21,22)23)16(29)26-7-2-1-4-11(26)9-25-10-12-5-3-6-14-24-8-13(15(25)28)27(12)14/h3,5-6,8,11H,1-2,4,7,9-10H2. The van der Waals surface area contributed by atoms with Crippen molar-refractivity contribution < 1.29 is 31.5 Å². The molecular formula is C18H17F5N4O2. The molecule has 4 heterocycles. The number of halogens is 5. The highest BCUT2D eigenvalue weighted by molar-refractivity contribution is 5.94. The van der Waals surface area contributed by atoms with E-state index in [4.69, 9.17) is 0 Å². The summed E-state index contributed by atoms with van der Waals surface area (Å²) in [6.07, 6.45) is -3.42. The van der Waals surface area contributed by atoms with Crippen molar-refractivity contribution in [1.29, 1.82) is 0 Å². The van der Waals surface area contributed by atoms with Crippen LogP contribution in [-0.4, -0.2) is 62.2 Å². The van der Waals surface area contributed by atoms with Crippen molar-refractivity contribution in [2.24, 2.45) is 0 Å². The van der Waals surface area contributed by atoms with Crippen molar-refractivity contribution in [2.75, 3.05) is 13.1 Å². The van der Waals surface area contributed by atoms with Gasteiger partial charge in [-0.25, -0.2) is 4.98 Å². The van der Waals surface area contributed by atoms with E-state index in [0.29, 0.717) is 23.4 Å². The van der Waals surface area contributed by atoms with Crippen LogP contribution in [-0.2, 0) is 11.3 Å². The van der Waals surface area contributed by atoms with Crippen LogP contribution in [0, 0.1) is 0 Å². The van der Waals surface area contributed by atoms with Gasteiger partial charge in [0.1, 0.15) is 11.3 Å². The molecule has 11 heteroatoms. The number of carbonyl (C=O) groups is 2. The highest BCUT2D eigenvalue weighted by Gasteiger charge is 2.65. The SMILES string of the molecule is O=C1c2cnc3cccc(n23)CN1CC1CCCCN1C(=O)C(F)(F)C(F)(F)F. The average Bonchev–Trinajstić information content (AvgIpc) is 3.10. The number of nitrogens with zero attached hydrogens (tertiary/aromatic N) is 4. The number of carbonyl (C=O) groups excluding carboxylic acids is 2. The normalized spacial score (nSPS) is 20.4. The second kappa shape index (κ2) is 6.67. The van der Waals surface area contributed by atoms with Crippen LogP contribution in [0.25, 0.3) is 5.65 Å². The highest BCUT2D eigenvalue weighted by atomic mass is 19.4. The maximum Gasteiger partial charge on any atom is 0.463 e. The Morgan fingerprint density at radius 3 is 2.66 bits per heavy atom. The molecule has 2 amide bonds. The maximum absolute atomic E-state index is 13.6. The van der Waals surface area contributed by atoms with Gasteiger partial charge in [0.05, 0.1) is 12.7 Å². The zero-order valence-corrected chi connectivity index (χ0v) is 15.1. The summed E-state index contributed by atoms with van der Waals surface area (Å²) in [4.78, 5) is 31.0. The van der Waals surface area contributed by atoms with E-state index in [2.05, 4.69) is 4.98 Å². The van der Waals surface area contributed by atoms with Crippen LogP contribution in [0.5, 0.6) is 0 Å². The summed E-state index contributed by atoms with van der Waals surface area (Å²) in [6.45, 7) is -0.182. The van der Waals surface area contributed by atoms with Crippen molar-refractivity contribution in [1.82, 2.24) is 19.2 Å². The lowest BCUT2D eigenvalue weighted by Crippen LogP contribution is -2.58. The van der Waals surface area contributed by atoms with Crippen molar-refractivity contribution in [3.05, 3.63) is 35.8 Å². The fourth-order valence-corrected chi connectivity index (χ4v) is 3.97. The van der Waals surface area contributed by atoms with Gasteiger partial charge in [0.25, 0.3) is 5.91 Å². The predicted octanol–water partition coefficient (Wildman–Crippen LogP) is 2.87. The molecule has 1 saturated heterocycles. The number of amides is 2. The van der Waals surface area contributed by atoms with E-state index in [1.807, 2.05) is 0 Å². The number of likely N-dealkylation sites (tertiary alicyclic amines) is 1. The molecule has 0 N–H and O–H groups in total. The molecule has 0 spiro atoms. The molecule has 2 aromatic rings. The number of rotatable bonds is 3. The quantitative estimate of drug-likeness (QED) is 0.724. The van der Waals surface area contributed by atoms with Gasteiger partial charge in [-0.3, -0.25) is 14.0 Å². The van der Waals surface area contributed by atoms with E-state index in [-0.39, 0.29) is 31.7 Å². The molecule has 0 aliphatic carbocycles. The third kappa shape index (κ3) is 3.12. The molecule has 0 bridgehead atoms. The molecule has 0 aromatic carbocycles. The lowest BCUT2D eigenvalue weighted by atomic mass is 10.00. The third-order valence-electron chi connectivity index (χ3n) is 5.41. The van der Waals surface area contributed by atoms with E-state index < -0.39 is 30.0 Å². The summed E-state index contributed by atoms with van der Waals surface area (Å²) in [7, 11) is 0. The molecule has 1 fully saturated rings. The fraction of sp³-hybridized carbons (Fsp3) is 0.500. The van der Waals surface area contributed by atoms with Gasteiger partial charge in [0, 0.05) is 24.8 Å². The molecule has 1 atom stereocenters. The maximum atomic E-state index is 13.6. The van der Waals surface area contributed by atoms with E-state index in [1.54, 1.807) is 22.6 Å². The van der Waals surface area contributed by atoms with Crippen LogP contribution < -0.4 is 0 Å². The summed E-state index contributed by atoms with van der Waals surface area (Å²) in [5.74, 6) is -8.12. The lowest BCUT2D eigenvalue weighted by Gasteiger charge is -2.40. The first kappa shape index (κ1) is 19.6. The Labute approximate surface area is 161 Å². The first-order chi connectivity index (χ1) is 13.6. The minimum Gasteiger partial charge on any atom is -0.332 e. The Hall–Kier alpha value is -2.72. The number of hydrogen-bond donors (Lipinski definition) is 0. The molecule has 0 radical (unpaired) electrons. The molecule has 2 aliphatic rings. The summed E-state index contributed by atoms with van der Waals surface area (Å²) in [5, 5.41) is 0. The number of aromatic nitrogens is 2. The van der Waals surface area contributed by atoms with Gasteiger partial charge >= 0.3 is 18.0 Å². The second-order valence-corrected chi connectivity index (χ2v) is 7.26. The minimum absolute atomic E-state index is 0.125. The second-order valence-electron chi connectivity index (χ2n) is 7.26. The Morgan fingerprint density at radius 1 is 1.17 bits per heavy atom.